The molecule has 1 saturated heterocycles. The van der Waals surface area contributed by atoms with Crippen LogP contribution in [-0.4, -0.2) is 24.0 Å². The van der Waals surface area contributed by atoms with Gasteiger partial charge in [-0.3, -0.25) is 0 Å². The summed E-state index contributed by atoms with van der Waals surface area (Å²) in [7, 11) is 0. The van der Waals surface area contributed by atoms with Crippen molar-refractivity contribution in [3.05, 3.63) is 35.9 Å². The van der Waals surface area contributed by atoms with Crippen LogP contribution in [0, 0.1) is 0 Å². The van der Waals surface area contributed by atoms with Crippen molar-refractivity contribution in [3.8, 4) is 0 Å². The van der Waals surface area contributed by atoms with Gasteiger partial charge in [0.1, 0.15) is 0 Å². The summed E-state index contributed by atoms with van der Waals surface area (Å²) in [5.41, 5.74) is 1.47. The first-order valence-electron chi connectivity index (χ1n) is 6.14. The Bertz CT molecular complexity index is 275. The molecule has 0 radical (unpaired) electrons. The summed E-state index contributed by atoms with van der Waals surface area (Å²) in [6, 6.07) is 11.5. The lowest BCUT2D eigenvalue weighted by Crippen LogP contribution is -2.38. The minimum atomic E-state index is 0.702. The summed E-state index contributed by atoms with van der Waals surface area (Å²) < 4.78 is 0. The number of rotatable bonds is 3. The maximum Gasteiger partial charge on any atom is 0.0107 e. The smallest absolute Gasteiger partial charge is 0.0107 e. The predicted molar refractivity (Wildman–Crippen MR) is 65.0 cm³/mol. The van der Waals surface area contributed by atoms with Crippen molar-refractivity contribution in [1.82, 2.24) is 4.90 Å². The van der Waals surface area contributed by atoms with E-state index in [0.29, 0.717) is 6.04 Å². The first-order chi connectivity index (χ1) is 7.36. The van der Waals surface area contributed by atoms with Crippen LogP contribution in [-0.2, 0) is 6.42 Å². The first-order valence-corrected chi connectivity index (χ1v) is 6.14. The minimum absolute atomic E-state index is 0.702. The van der Waals surface area contributed by atoms with E-state index in [9.17, 15) is 0 Å². The summed E-state index contributed by atoms with van der Waals surface area (Å²) in [5.74, 6) is 0. The van der Waals surface area contributed by atoms with Gasteiger partial charge in [-0.15, -0.1) is 0 Å². The monoisotopic (exact) mass is 203 g/mol. The molecule has 1 heterocycles. The zero-order chi connectivity index (χ0) is 10.5. The molecule has 1 atom stereocenters. The third-order valence-electron chi connectivity index (χ3n) is 3.39. The molecule has 1 nitrogen and oxygen atoms in total. The molecule has 1 aromatic carbocycles. The number of likely N-dealkylation sites (tertiary alicyclic amines) is 1. The standard InChI is InChI=1S/C14H21N/c1-13(15-10-6-3-7-11-15)12-14-8-4-2-5-9-14/h2,4-5,8-9,13H,3,6-7,10-12H2,1H3. The molecule has 1 aliphatic heterocycles. The lowest BCUT2D eigenvalue weighted by molar-refractivity contribution is 0.173. The molecule has 82 valence electrons. The molecule has 0 N–H and O–H groups in total. The van der Waals surface area contributed by atoms with E-state index in [0.717, 1.165) is 0 Å². The molecular formula is C14H21N. The van der Waals surface area contributed by atoms with Crippen LogP contribution in [0.4, 0.5) is 0 Å². The van der Waals surface area contributed by atoms with Crippen LogP contribution in [0.25, 0.3) is 0 Å². The molecule has 0 amide bonds. The highest BCUT2D eigenvalue weighted by Crippen LogP contribution is 2.15. The Balaban J connectivity index is 1.88. The Morgan fingerprint density at radius 1 is 1.07 bits per heavy atom. The van der Waals surface area contributed by atoms with Gasteiger partial charge in [0.25, 0.3) is 0 Å². The van der Waals surface area contributed by atoms with E-state index in [1.807, 2.05) is 0 Å². The molecule has 2 rings (SSSR count). The Hall–Kier alpha value is -0.820. The molecule has 1 unspecified atom stereocenters. The van der Waals surface area contributed by atoms with Crippen molar-refractivity contribution in [2.75, 3.05) is 13.1 Å². The van der Waals surface area contributed by atoms with Gasteiger partial charge in [-0.05, 0) is 44.8 Å². The predicted octanol–water partition coefficient (Wildman–Crippen LogP) is 3.10. The highest BCUT2D eigenvalue weighted by Gasteiger charge is 2.16. The van der Waals surface area contributed by atoms with Crippen LogP contribution in [0.15, 0.2) is 30.3 Å². The lowest BCUT2D eigenvalue weighted by atomic mass is 10.0. The summed E-state index contributed by atoms with van der Waals surface area (Å²) in [5, 5.41) is 0. The Morgan fingerprint density at radius 3 is 2.40 bits per heavy atom. The molecule has 0 aliphatic carbocycles. The number of nitrogens with zero attached hydrogens (tertiary/aromatic N) is 1. The number of hydrogen-bond donors (Lipinski definition) is 0. The normalized spacial score (nSPS) is 20.1. The van der Waals surface area contributed by atoms with E-state index in [4.69, 9.17) is 0 Å². The number of hydrogen-bond acceptors (Lipinski definition) is 1. The second-order valence-electron chi connectivity index (χ2n) is 4.64. The van der Waals surface area contributed by atoms with Crippen molar-refractivity contribution in [2.45, 2.75) is 38.6 Å². The Kier molecular flexibility index (Phi) is 3.79. The van der Waals surface area contributed by atoms with Crippen LogP contribution < -0.4 is 0 Å². The van der Waals surface area contributed by atoms with Gasteiger partial charge in [-0.25, -0.2) is 0 Å². The fraction of sp³-hybridized carbons (Fsp3) is 0.571. The summed E-state index contributed by atoms with van der Waals surface area (Å²) >= 11 is 0. The maximum atomic E-state index is 2.64. The van der Waals surface area contributed by atoms with Crippen molar-refractivity contribution >= 4 is 0 Å². The third-order valence-corrected chi connectivity index (χ3v) is 3.39. The van der Waals surface area contributed by atoms with Gasteiger partial charge in [0.2, 0.25) is 0 Å². The van der Waals surface area contributed by atoms with Crippen molar-refractivity contribution in [3.63, 3.8) is 0 Å². The number of piperidine rings is 1. The zero-order valence-electron chi connectivity index (χ0n) is 9.65. The van der Waals surface area contributed by atoms with E-state index in [-0.39, 0.29) is 0 Å². The van der Waals surface area contributed by atoms with Crippen LogP contribution in [0.5, 0.6) is 0 Å². The van der Waals surface area contributed by atoms with Gasteiger partial charge in [0, 0.05) is 6.04 Å². The quantitative estimate of drug-likeness (QED) is 0.729. The summed E-state index contributed by atoms with van der Waals surface area (Å²) in [6.45, 7) is 4.96. The van der Waals surface area contributed by atoms with Gasteiger partial charge in [0.15, 0.2) is 0 Å². The van der Waals surface area contributed by atoms with E-state index in [1.165, 1.54) is 44.3 Å². The topological polar surface area (TPSA) is 3.24 Å². The van der Waals surface area contributed by atoms with E-state index < -0.39 is 0 Å². The van der Waals surface area contributed by atoms with Gasteiger partial charge in [0.05, 0.1) is 0 Å². The average Bonchev–Trinajstić information content (AvgIpc) is 2.31. The molecule has 1 fully saturated rings. The molecule has 0 saturated carbocycles. The molecule has 1 aliphatic rings. The zero-order valence-corrected chi connectivity index (χ0v) is 9.65. The minimum Gasteiger partial charge on any atom is -0.300 e. The fourth-order valence-electron chi connectivity index (χ4n) is 2.44. The van der Waals surface area contributed by atoms with Crippen LogP contribution in [0.3, 0.4) is 0 Å². The largest absolute Gasteiger partial charge is 0.300 e. The lowest BCUT2D eigenvalue weighted by Gasteiger charge is -2.32. The third kappa shape index (κ3) is 3.07. The number of benzene rings is 1. The molecular weight excluding hydrogens is 182 g/mol. The van der Waals surface area contributed by atoms with E-state index >= 15 is 0 Å². The highest BCUT2D eigenvalue weighted by molar-refractivity contribution is 5.15. The molecule has 1 heteroatoms. The fourth-order valence-corrected chi connectivity index (χ4v) is 2.44. The SMILES string of the molecule is CC(Cc1ccccc1)N1CCCCC1. The van der Waals surface area contributed by atoms with Crippen molar-refractivity contribution in [1.29, 1.82) is 0 Å². The average molecular weight is 203 g/mol. The summed E-state index contributed by atoms with van der Waals surface area (Å²) in [6.07, 6.45) is 5.40. The van der Waals surface area contributed by atoms with Gasteiger partial charge in [-0.2, -0.15) is 0 Å². The van der Waals surface area contributed by atoms with Crippen LogP contribution in [0.1, 0.15) is 31.7 Å². The Labute approximate surface area is 93.1 Å². The van der Waals surface area contributed by atoms with Crippen LogP contribution in [0.2, 0.25) is 0 Å². The van der Waals surface area contributed by atoms with Crippen molar-refractivity contribution < 1.29 is 0 Å². The van der Waals surface area contributed by atoms with Crippen molar-refractivity contribution in [2.24, 2.45) is 0 Å². The Morgan fingerprint density at radius 2 is 1.73 bits per heavy atom. The van der Waals surface area contributed by atoms with Gasteiger partial charge >= 0.3 is 0 Å². The van der Waals surface area contributed by atoms with Gasteiger partial charge < -0.3 is 4.90 Å². The molecule has 0 spiro atoms. The van der Waals surface area contributed by atoms with E-state index in [2.05, 4.69) is 42.2 Å². The second-order valence-corrected chi connectivity index (χ2v) is 4.64. The van der Waals surface area contributed by atoms with Gasteiger partial charge in [-0.1, -0.05) is 36.8 Å². The maximum absolute atomic E-state index is 2.64. The summed E-state index contributed by atoms with van der Waals surface area (Å²) in [4.78, 5) is 2.64. The van der Waals surface area contributed by atoms with Crippen LogP contribution >= 0.6 is 0 Å². The van der Waals surface area contributed by atoms with E-state index in [1.54, 1.807) is 0 Å². The first kappa shape index (κ1) is 10.7. The molecule has 0 bridgehead atoms. The second kappa shape index (κ2) is 5.32. The molecule has 0 aromatic heterocycles. The molecule has 1 aromatic rings. The highest BCUT2D eigenvalue weighted by atomic mass is 15.1. The molecule has 15 heavy (non-hydrogen) atoms.